The van der Waals surface area contributed by atoms with Crippen LogP contribution in [0, 0.1) is 0 Å². The molecule has 0 unspecified atom stereocenters. The molecule has 1 fully saturated rings. The molecule has 1 aromatic carbocycles. The molecule has 5 heteroatoms. The van der Waals surface area contributed by atoms with E-state index >= 15 is 0 Å². The second-order valence-corrected chi connectivity index (χ2v) is 3.50. The lowest BCUT2D eigenvalue weighted by Gasteiger charge is -2.35. The molecular formula is C11H14N2O3. The van der Waals surface area contributed by atoms with E-state index in [1.165, 1.54) is 5.01 Å². The Hall–Kier alpha value is -1.59. The summed E-state index contributed by atoms with van der Waals surface area (Å²) in [6.45, 7) is 2.33. The van der Waals surface area contributed by atoms with E-state index in [4.69, 9.17) is 4.74 Å². The first kappa shape index (κ1) is 10.9. The van der Waals surface area contributed by atoms with Crippen molar-refractivity contribution in [3.63, 3.8) is 0 Å². The van der Waals surface area contributed by atoms with Crippen LogP contribution in [-0.4, -0.2) is 42.5 Å². The number of rotatable bonds is 2. The standard InChI is InChI=1S/C11H14N2O3/c14-11(15)13(10-4-2-1-3-5-10)12-6-8-16-9-7-12/h1-5H,6-9H2,(H,14,15). The molecule has 1 heterocycles. The van der Waals surface area contributed by atoms with E-state index in [2.05, 4.69) is 0 Å². The molecule has 0 radical (unpaired) electrons. The van der Waals surface area contributed by atoms with E-state index < -0.39 is 6.09 Å². The Bertz CT molecular complexity index is 350. The molecule has 0 aromatic heterocycles. The first-order valence-electron chi connectivity index (χ1n) is 5.20. The Morgan fingerprint density at radius 3 is 2.44 bits per heavy atom. The zero-order chi connectivity index (χ0) is 11.4. The Morgan fingerprint density at radius 1 is 1.25 bits per heavy atom. The molecule has 5 nitrogen and oxygen atoms in total. The van der Waals surface area contributed by atoms with Gasteiger partial charge in [0.25, 0.3) is 0 Å². The van der Waals surface area contributed by atoms with Gasteiger partial charge in [-0.15, -0.1) is 0 Å². The molecule has 1 saturated heterocycles. The predicted octanol–water partition coefficient (Wildman–Crippen LogP) is 1.42. The number of morpholine rings is 1. The van der Waals surface area contributed by atoms with Gasteiger partial charge in [0.15, 0.2) is 0 Å². The van der Waals surface area contributed by atoms with Gasteiger partial charge in [-0.2, -0.15) is 0 Å². The lowest BCUT2D eigenvalue weighted by atomic mass is 10.3. The summed E-state index contributed by atoms with van der Waals surface area (Å²) in [5, 5.41) is 12.3. The lowest BCUT2D eigenvalue weighted by molar-refractivity contribution is 0.0324. The van der Waals surface area contributed by atoms with Crippen molar-refractivity contribution >= 4 is 11.8 Å². The molecule has 86 valence electrons. The molecule has 2 rings (SSSR count). The van der Waals surface area contributed by atoms with E-state index in [9.17, 15) is 9.90 Å². The van der Waals surface area contributed by atoms with Crippen molar-refractivity contribution in [2.75, 3.05) is 31.3 Å². The third-order valence-corrected chi connectivity index (χ3v) is 2.45. The van der Waals surface area contributed by atoms with E-state index in [1.54, 1.807) is 17.1 Å². The number of amides is 1. The maximum Gasteiger partial charge on any atom is 0.426 e. The molecule has 0 spiro atoms. The van der Waals surface area contributed by atoms with Gasteiger partial charge in [-0.3, -0.25) is 0 Å². The largest absolute Gasteiger partial charge is 0.464 e. The summed E-state index contributed by atoms with van der Waals surface area (Å²) in [6.07, 6.45) is -0.965. The zero-order valence-electron chi connectivity index (χ0n) is 8.87. The second-order valence-electron chi connectivity index (χ2n) is 3.50. The fraction of sp³-hybridized carbons (Fsp3) is 0.364. The summed E-state index contributed by atoms with van der Waals surface area (Å²) in [7, 11) is 0. The summed E-state index contributed by atoms with van der Waals surface area (Å²) in [6, 6.07) is 9.08. The summed E-state index contributed by atoms with van der Waals surface area (Å²) in [5.74, 6) is 0. The van der Waals surface area contributed by atoms with Gasteiger partial charge in [0.05, 0.1) is 18.9 Å². The van der Waals surface area contributed by atoms with Crippen LogP contribution in [0.2, 0.25) is 0 Å². The fourth-order valence-corrected chi connectivity index (χ4v) is 1.72. The van der Waals surface area contributed by atoms with Crippen molar-refractivity contribution < 1.29 is 14.6 Å². The van der Waals surface area contributed by atoms with Crippen molar-refractivity contribution in [1.29, 1.82) is 0 Å². The summed E-state index contributed by atoms with van der Waals surface area (Å²) in [4.78, 5) is 11.2. The average Bonchev–Trinajstić information content (AvgIpc) is 2.31. The molecule has 1 N–H and O–H groups in total. The maximum atomic E-state index is 11.2. The van der Waals surface area contributed by atoms with E-state index in [0.29, 0.717) is 32.0 Å². The van der Waals surface area contributed by atoms with Crippen LogP contribution in [0.1, 0.15) is 0 Å². The van der Waals surface area contributed by atoms with Gasteiger partial charge >= 0.3 is 6.09 Å². The highest BCUT2D eigenvalue weighted by atomic mass is 16.5. The van der Waals surface area contributed by atoms with Crippen LogP contribution in [-0.2, 0) is 4.74 Å². The minimum atomic E-state index is -0.965. The van der Waals surface area contributed by atoms with E-state index in [0.717, 1.165) is 0 Å². The number of benzene rings is 1. The first-order chi connectivity index (χ1) is 7.79. The van der Waals surface area contributed by atoms with Crippen LogP contribution < -0.4 is 5.01 Å². The molecule has 1 aromatic rings. The van der Waals surface area contributed by atoms with Crippen molar-refractivity contribution in [2.24, 2.45) is 0 Å². The average molecular weight is 222 g/mol. The van der Waals surface area contributed by atoms with Crippen molar-refractivity contribution in [2.45, 2.75) is 0 Å². The molecule has 16 heavy (non-hydrogen) atoms. The van der Waals surface area contributed by atoms with Crippen LogP contribution in [0.4, 0.5) is 10.5 Å². The number of hydrogen-bond acceptors (Lipinski definition) is 3. The first-order valence-corrected chi connectivity index (χ1v) is 5.20. The van der Waals surface area contributed by atoms with Gasteiger partial charge in [-0.05, 0) is 12.1 Å². The number of carboxylic acid groups (broad SMARTS) is 1. The van der Waals surface area contributed by atoms with Gasteiger partial charge < -0.3 is 9.84 Å². The Morgan fingerprint density at radius 2 is 1.88 bits per heavy atom. The van der Waals surface area contributed by atoms with Gasteiger partial charge in [0, 0.05) is 13.1 Å². The molecule has 1 aliphatic heterocycles. The summed E-state index contributed by atoms with van der Waals surface area (Å²) >= 11 is 0. The number of hydrogen-bond donors (Lipinski definition) is 1. The number of hydrazine groups is 1. The molecule has 1 amide bonds. The van der Waals surface area contributed by atoms with Gasteiger partial charge in [-0.25, -0.2) is 14.8 Å². The van der Waals surface area contributed by atoms with E-state index in [-0.39, 0.29) is 0 Å². The highest BCUT2D eigenvalue weighted by Crippen LogP contribution is 2.17. The minimum absolute atomic E-state index is 0.566. The SMILES string of the molecule is O=C(O)N(c1ccccc1)N1CCOCC1. The predicted molar refractivity (Wildman–Crippen MR) is 59.3 cm³/mol. The van der Waals surface area contributed by atoms with Crippen molar-refractivity contribution in [1.82, 2.24) is 5.01 Å². The van der Waals surface area contributed by atoms with Crippen LogP contribution in [0.25, 0.3) is 0 Å². The van der Waals surface area contributed by atoms with Crippen LogP contribution in [0.3, 0.4) is 0 Å². The number of ether oxygens (including phenoxy) is 1. The molecular weight excluding hydrogens is 208 g/mol. The highest BCUT2D eigenvalue weighted by molar-refractivity contribution is 5.84. The number of carbonyl (C=O) groups is 1. The highest BCUT2D eigenvalue weighted by Gasteiger charge is 2.24. The van der Waals surface area contributed by atoms with Crippen LogP contribution in [0.15, 0.2) is 30.3 Å². The zero-order valence-corrected chi connectivity index (χ0v) is 8.87. The van der Waals surface area contributed by atoms with Gasteiger partial charge in [0.2, 0.25) is 0 Å². The van der Waals surface area contributed by atoms with Gasteiger partial charge in [-0.1, -0.05) is 18.2 Å². The summed E-state index contributed by atoms with van der Waals surface area (Å²) in [5.41, 5.74) is 0.664. The second kappa shape index (κ2) is 4.96. The van der Waals surface area contributed by atoms with Crippen LogP contribution >= 0.6 is 0 Å². The van der Waals surface area contributed by atoms with E-state index in [1.807, 2.05) is 18.2 Å². The van der Waals surface area contributed by atoms with Gasteiger partial charge in [0.1, 0.15) is 0 Å². The molecule has 0 saturated carbocycles. The Labute approximate surface area is 93.8 Å². The molecule has 0 aliphatic carbocycles. The quantitative estimate of drug-likeness (QED) is 0.822. The third kappa shape index (κ3) is 2.32. The Kier molecular flexibility index (Phi) is 3.38. The number of nitrogens with zero attached hydrogens (tertiary/aromatic N) is 2. The third-order valence-electron chi connectivity index (χ3n) is 2.45. The van der Waals surface area contributed by atoms with Crippen LogP contribution in [0.5, 0.6) is 0 Å². The van der Waals surface area contributed by atoms with Crippen molar-refractivity contribution in [3.8, 4) is 0 Å². The summed E-state index contributed by atoms with van der Waals surface area (Å²) < 4.78 is 5.20. The lowest BCUT2D eigenvalue weighted by Crippen LogP contribution is -2.51. The minimum Gasteiger partial charge on any atom is -0.464 e. The smallest absolute Gasteiger partial charge is 0.426 e. The fourth-order valence-electron chi connectivity index (χ4n) is 1.72. The molecule has 0 atom stereocenters. The number of para-hydroxylation sites is 1. The monoisotopic (exact) mass is 222 g/mol. The molecule has 1 aliphatic rings. The van der Waals surface area contributed by atoms with Crippen molar-refractivity contribution in [3.05, 3.63) is 30.3 Å². The number of anilines is 1. The normalized spacial score (nSPS) is 17.0. The molecule has 0 bridgehead atoms. The topological polar surface area (TPSA) is 53.0 Å². The Balaban J connectivity index is 2.20. The maximum absolute atomic E-state index is 11.2.